The number of hydrogen-bond donors (Lipinski definition) is 1. The highest BCUT2D eigenvalue weighted by Crippen LogP contribution is 2.43. The van der Waals surface area contributed by atoms with Crippen LogP contribution < -0.4 is 14.8 Å². The van der Waals surface area contributed by atoms with Crippen molar-refractivity contribution < 1.29 is 50.5 Å². The number of rotatable bonds is 3. The number of hydrogen-bond acceptors (Lipinski definition) is 8. The van der Waals surface area contributed by atoms with E-state index in [2.05, 4.69) is 20.0 Å². The fraction of sp³-hybridized carbons (Fsp3) is 0.656. The van der Waals surface area contributed by atoms with Crippen molar-refractivity contribution in [1.82, 2.24) is 20.2 Å². The van der Waals surface area contributed by atoms with E-state index >= 15 is 8.78 Å². The van der Waals surface area contributed by atoms with Crippen LogP contribution in [0.2, 0.25) is 0 Å². The molecule has 1 aliphatic carbocycles. The van der Waals surface area contributed by atoms with Gasteiger partial charge < -0.3 is 24.4 Å². The number of aromatic nitrogens is 2. The van der Waals surface area contributed by atoms with Crippen molar-refractivity contribution in [3.05, 3.63) is 23.9 Å². The number of ether oxygens (including phenoxy) is 3. The molecule has 0 radical (unpaired) electrons. The van der Waals surface area contributed by atoms with Gasteiger partial charge in [-0.1, -0.05) is 34.1 Å². The molecular weight excluding hydrogens is 631 g/mol. The van der Waals surface area contributed by atoms with Gasteiger partial charge in [0.2, 0.25) is 11.8 Å². The second-order valence-corrected chi connectivity index (χ2v) is 13.7. The molecule has 3 aliphatic rings. The molecule has 1 aromatic heterocycles. The maximum Gasteiger partial charge on any atom is 0.573 e. The average molecular weight is 671 g/mol. The normalized spacial score (nSPS) is 28.6. The largest absolute Gasteiger partial charge is 0.573 e. The van der Waals surface area contributed by atoms with E-state index in [1.807, 2.05) is 0 Å². The standard InChI is InChI=1S/C32H39F5N4O6/c1-6-19-23-15-41(24(19)16(2)42)28(43)26(30(3,4)5)40-29(44)46-22-13-17(22)9-7-8-12-31(33,34)25-27(45-23)39-21-14-18(47-32(35,36)37)10-11-20(21)38-25/h10-11,14,17,19,22-24,26H,6-9,12-13,15H2,1-5H3,(H,40,44)/t17-,19-,22-,23+,24-,26-/m1/s1. The first-order valence-corrected chi connectivity index (χ1v) is 15.8. The van der Waals surface area contributed by atoms with Gasteiger partial charge in [-0.15, -0.1) is 13.2 Å². The number of halogens is 5. The first-order valence-electron chi connectivity index (χ1n) is 15.8. The van der Waals surface area contributed by atoms with Crippen LogP contribution in [0.25, 0.3) is 11.0 Å². The molecule has 1 aromatic carbocycles. The zero-order valence-electron chi connectivity index (χ0n) is 26.8. The number of carbonyl (C=O) groups is 3. The third-order valence-corrected chi connectivity index (χ3v) is 9.02. The number of benzene rings is 1. The van der Waals surface area contributed by atoms with Crippen LogP contribution in [0.4, 0.5) is 26.7 Å². The van der Waals surface area contributed by atoms with E-state index in [1.54, 1.807) is 27.7 Å². The summed E-state index contributed by atoms with van der Waals surface area (Å²) in [5.74, 6) is -6.39. The van der Waals surface area contributed by atoms with Gasteiger partial charge in [0.15, 0.2) is 11.5 Å². The number of alkyl halides is 5. The van der Waals surface area contributed by atoms with Gasteiger partial charge in [-0.3, -0.25) is 9.59 Å². The number of ketones is 1. The second-order valence-electron chi connectivity index (χ2n) is 13.7. The number of amides is 2. The van der Waals surface area contributed by atoms with E-state index in [-0.39, 0.29) is 35.7 Å². The Labute approximate surface area is 268 Å². The summed E-state index contributed by atoms with van der Waals surface area (Å²) in [6.45, 7) is 8.11. The van der Waals surface area contributed by atoms with Crippen LogP contribution in [0, 0.1) is 17.3 Å². The van der Waals surface area contributed by atoms with Gasteiger partial charge in [0.05, 0.1) is 23.6 Å². The predicted molar refractivity (Wildman–Crippen MR) is 158 cm³/mol. The van der Waals surface area contributed by atoms with Crippen LogP contribution in [0.15, 0.2) is 18.2 Å². The van der Waals surface area contributed by atoms with Crippen molar-refractivity contribution >= 4 is 28.8 Å². The first-order chi connectivity index (χ1) is 21.9. The van der Waals surface area contributed by atoms with Crippen LogP contribution >= 0.6 is 0 Å². The predicted octanol–water partition coefficient (Wildman–Crippen LogP) is 6.30. The molecule has 1 saturated carbocycles. The van der Waals surface area contributed by atoms with Crippen LogP contribution in [-0.2, 0) is 20.2 Å². The molecule has 1 saturated heterocycles. The van der Waals surface area contributed by atoms with Crippen molar-refractivity contribution in [3.8, 4) is 11.6 Å². The molecule has 2 aromatic rings. The lowest BCUT2D eigenvalue weighted by atomic mass is 9.85. The van der Waals surface area contributed by atoms with Gasteiger partial charge in [-0.05, 0) is 56.1 Å². The van der Waals surface area contributed by atoms with Crippen molar-refractivity contribution in [3.63, 3.8) is 0 Å². The lowest BCUT2D eigenvalue weighted by Crippen LogP contribution is -2.57. The minimum Gasteiger partial charge on any atom is -0.471 e. The Balaban J connectivity index is 1.59. The van der Waals surface area contributed by atoms with E-state index in [0.29, 0.717) is 25.7 Å². The number of alkyl carbamates (subject to hydrolysis) is 1. The zero-order chi connectivity index (χ0) is 34.5. The highest BCUT2D eigenvalue weighted by Gasteiger charge is 2.51. The third kappa shape index (κ3) is 7.69. The smallest absolute Gasteiger partial charge is 0.471 e. The summed E-state index contributed by atoms with van der Waals surface area (Å²) < 4.78 is 86.3. The Morgan fingerprint density at radius 2 is 1.81 bits per heavy atom. The number of nitrogens with zero attached hydrogens (tertiary/aromatic N) is 3. The van der Waals surface area contributed by atoms with E-state index in [9.17, 15) is 27.6 Å². The van der Waals surface area contributed by atoms with Crippen LogP contribution in [0.5, 0.6) is 11.6 Å². The molecule has 2 amide bonds. The molecule has 47 heavy (non-hydrogen) atoms. The molecule has 15 heteroatoms. The van der Waals surface area contributed by atoms with Crippen molar-refractivity contribution in [1.29, 1.82) is 0 Å². The molecule has 0 unspecified atom stereocenters. The fourth-order valence-corrected chi connectivity index (χ4v) is 6.56. The minimum absolute atomic E-state index is 0.00346. The summed E-state index contributed by atoms with van der Waals surface area (Å²) in [5, 5.41) is 2.69. The van der Waals surface area contributed by atoms with Gasteiger partial charge >= 0.3 is 12.5 Å². The molecule has 0 spiro atoms. The van der Waals surface area contributed by atoms with Gasteiger partial charge in [-0.25, -0.2) is 14.8 Å². The first kappa shape index (κ1) is 34.6. The molecule has 1 N–H and O–H groups in total. The SMILES string of the molecule is CC[C@@H]1[C@@H]2CN(C(=O)[C@H](C(C)(C)C)NC(=O)O[C@@H]3C[C@H]3CCCCC(F)(F)c3nc4ccc(OC(F)(F)F)cc4nc3O2)[C@@H]1C(C)=O. The zero-order valence-corrected chi connectivity index (χ0v) is 26.8. The molecule has 6 atom stereocenters. The molecule has 2 aliphatic heterocycles. The third-order valence-electron chi connectivity index (χ3n) is 9.02. The highest BCUT2D eigenvalue weighted by atomic mass is 19.4. The van der Waals surface area contributed by atoms with Gasteiger partial charge in [-0.2, -0.15) is 8.78 Å². The van der Waals surface area contributed by atoms with Crippen molar-refractivity contribution in [2.24, 2.45) is 17.3 Å². The number of nitrogens with one attached hydrogen (secondary N) is 1. The van der Waals surface area contributed by atoms with Gasteiger partial charge in [0.25, 0.3) is 5.92 Å². The molecule has 2 fully saturated rings. The number of carbonyl (C=O) groups excluding carboxylic acids is 3. The summed E-state index contributed by atoms with van der Waals surface area (Å²) in [6, 6.07) is 0.876. The number of Topliss-reactive ketones (excluding diaryl/α,β-unsaturated/α-hetero) is 1. The van der Waals surface area contributed by atoms with E-state index in [1.165, 1.54) is 11.8 Å². The van der Waals surface area contributed by atoms with Crippen LogP contribution in [0.3, 0.4) is 0 Å². The second kappa shape index (κ2) is 12.7. The van der Waals surface area contributed by atoms with E-state index < -0.39 is 83.7 Å². The lowest BCUT2D eigenvalue weighted by molar-refractivity contribution is -0.274. The highest BCUT2D eigenvalue weighted by molar-refractivity contribution is 5.92. The average Bonchev–Trinajstić information content (AvgIpc) is 3.58. The van der Waals surface area contributed by atoms with Gasteiger partial charge in [0.1, 0.15) is 24.0 Å². The Kier molecular flexibility index (Phi) is 9.32. The van der Waals surface area contributed by atoms with Crippen molar-refractivity contribution in [2.45, 2.75) is 110 Å². The summed E-state index contributed by atoms with van der Waals surface area (Å²) in [6.07, 6.45) is -5.88. The minimum atomic E-state index is -5.00. The summed E-state index contributed by atoms with van der Waals surface area (Å²) in [4.78, 5) is 49.7. The quantitative estimate of drug-likeness (QED) is 0.378. The summed E-state index contributed by atoms with van der Waals surface area (Å²) in [7, 11) is 0. The molecule has 258 valence electrons. The van der Waals surface area contributed by atoms with Crippen LogP contribution in [0.1, 0.15) is 78.8 Å². The fourth-order valence-electron chi connectivity index (χ4n) is 6.56. The topological polar surface area (TPSA) is 120 Å². The Morgan fingerprint density at radius 3 is 2.45 bits per heavy atom. The molecule has 3 heterocycles. The molecular formula is C32H39F5N4O6. The summed E-state index contributed by atoms with van der Waals surface area (Å²) in [5.41, 5.74) is -1.87. The van der Waals surface area contributed by atoms with E-state index in [0.717, 1.165) is 18.2 Å². The van der Waals surface area contributed by atoms with Gasteiger partial charge in [0, 0.05) is 18.4 Å². The maximum absolute atomic E-state index is 15.9. The van der Waals surface area contributed by atoms with Crippen molar-refractivity contribution in [2.75, 3.05) is 6.54 Å². The maximum atomic E-state index is 15.9. The molecule has 10 nitrogen and oxygen atoms in total. The Morgan fingerprint density at radius 1 is 1.09 bits per heavy atom. The Bertz CT molecular complexity index is 1530. The Hall–Kier alpha value is -3.78. The molecule has 5 rings (SSSR count). The lowest BCUT2D eigenvalue weighted by Gasteiger charge is -2.35. The molecule has 2 bridgehead atoms. The monoisotopic (exact) mass is 670 g/mol. The van der Waals surface area contributed by atoms with E-state index in [4.69, 9.17) is 9.47 Å². The van der Waals surface area contributed by atoms with Crippen LogP contribution in [-0.4, -0.2) is 69.9 Å². The number of fused-ring (bicyclic) bond motifs is 5. The summed E-state index contributed by atoms with van der Waals surface area (Å²) >= 11 is 0.